The fourth-order valence-electron chi connectivity index (χ4n) is 3.01. The molecule has 1 atom stereocenters. The van der Waals surface area contributed by atoms with Gasteiger partial charge in [-0.2, -0.15) is 0 Å². The molecular formula is C17H21N5OS. The zero-order valence-electron chi connectivity index (χ0n) is 13.5. The zero-order chi connectivity index (χ0) is 16.4. The van der Waals surface area contributed by atoms with Gasteiger partial charge in [-0.1, -0.05) is 17.4 Å². The van der Waals surface area contributed by atoms with E-state index in [9.17, 15) is 4.79 Å². The van der Waals surface area contributed by atoms with Crippen molar-refractivity contribution in [1.82, 2.24) is 20.5 Å². The maximum Gasteiger partial charge on any atom is 0.224 e. The molecule has 0 bridgehead atoms. The van der Waals surface area contributed by atoms with Crippen molar-refractivity contribution in [3.05, 3.63) is 24.4 Å². The molecule has 4 rings (SSSR count). The minimum Gasteiger partial charge on any atom is -0.356 e. The van der Waals surface area contributed by atoms with Crippen molar-refractivity contribution in [2.75, 3.05) is 24.5 Å². The van der Waals surface area contributed by atoms with Gasteiger partial charge in [-0.25, -0.2) is 0 Å². The molecule has 2 aromatic heterocycles. The van der Waals surface area contributed by atoms with E-state index in [1.54, 1.807) is 17.5 Å². The summed E-state index contributed by atoms with van der Waals surface area (Å²) in [7, 11) is 0. The van der Waals surface area contributed by atoms with E-state index >= 15 is 0 Å². The Labute approximate surface area is 145 Å². The summed E-state index contributed by atoms with van der Waals surface area (Å²) >= 11 is 1.54. The van der Waals surface area contributed by atoms with Crippen molar-refractivity contribution >= 4 is 22.4 Å². The Kier molecular flexibility index (Phi) is 4.42. The largest absolute Gasteiger partial charge is 0.356 e. The molecule has 0 aromatic carbocycles. The van der Waals surface area contributed by atoms with Gasteiger partial charge >= 0.3 is 0 Å². The molecule has 1 unspecified atom stereocenters. The van der Waals surface area contributed by atoms with Gasteiger partial charge in [-0.05, 0) is 43.7 Å². The van der Waals surface area contributed by atoms with Crippen molar-refractivity contribution in [2.45, 2.75) is 25.7 Å². The molecule has 0 radical (unpaired) electrons. The minimum absolute atomic E-state index is 0.0553. The molecule has 24 heavy (non-hydrogen) atoms. The molecule has 2 aliphatic rings. The van der Waals surface area contributed by atoms with Gasteiger partial charge in [0.2, 0.25) is 11.0 Å². The molecule has 1 N–H and O–H groups in total. The smallest absolute Gasteiger partial charge is 0.224 e. The number of pyridine rings is 1. The van der Waals surface area contributed by atoms with Crippen LogP contribution in [0.4, 0.5) is 5.13 Å². The van der Waals surface area contributed by atoms with E-state index in [2.05, 4.69) is 25.4 Å². The Bertz CT molecular complexity index is 700. The monoisotopic (exact) mass is 343 g/mol. The highest BCUT2D eigenvalue weighted by Crippen LogP contribution is 2.31. The third-order valence-electron chi connectivity index (χ3n) is 4.62. The first kappa shape index (κ1) is 15.5. The van der Waals surface area contributed by atoms with Crippen molar-refractivity contribution in [3.63, 3.8) is 0 Å². The van der Waals surface area contributed by atoms with E-state index in [1.165, 1.54) is 12.8 Å². The summed E-state index contributed by atoms with van der Waals surface area (Å²) in [5.41, 5.74) is 0.844. The molecule has 7 heteroatoms. The minimum atomic E-state index is 0.0553. The van der Waals surface area contributed by atoms with Crippen LogP contribution in [0.3, 0.4) is 0 Å². The summed E-state index contributed by atoms with van der Waals surface area (Å²) in [4.78, 5) is 18.9. The lowest BCUT2D eigenvalue weighted by Crippen LogP contribution is -2.43. The van der Waals surface area contributed by atoms with Crippen LogP contribution >= 0.6 is 11.3 Å². The average molecular weight is 343 g/mol. The van der Waals surface area contributed by atoms with Crippen LogP contribution in [0.25, 0.3) is 10.7 Å². The van der Waals surface area contributed by atoms with Gasteiger partial charge in [-0.15, -0.1) is 10.2 Å². The Hall–Kier alpha value is -2.02. The number of anilines is 1. The molecule has 2 aromatic rings. The molecule has 1 aliphatic heterocycles. The summed E-state index contributed by atoms with van der Waals surface area (Å²) in [6.07, 6.45) is 6.26. The Morgan fingerprint density at radius 3 is 3.00 bits per heavy atom. The topological polar surface area (TPSA) is 71.0 Å². The second kappa shape index (κ2) is 6.84. The lowest BCUT2D eigenvalue weighted by molar-refractivity contribution is -0.125. The predicted octanol–water partition coefficient (Wildman–Crippen LogP) is 2.34. The number of carbonyl (C=O) groups is 1. The van der Waals surface area contributed by atoms with E-state index in [4.69, 9.17) is 0 Å². The molecule has 1 aliphatic carbocycles. The van der Waals surface area contributed by atoms with Crippen LogP contribution in [0.5, 0.6) is 0 Å². The van der Waals surface area contributed by atoms with Crippen molar-refractivity contribution in [3.8, 4) is 10.7 Å². The molecule has 6 nitrogen and oxygen atoms in total. The van der Waals surface area contributed by atoms with Gasteiger partial charge in [0.1, 0.15) is 5.69 Å². The van der Waals surface area contributed by atoms with E-state index in [0.717, 1.165) is 54.2 Å². The van der Waals surface area contributed by atoms with Crippen LogP contribution in [0, 0.1) is 11.8 Å². The predicted molar refractivity (Wildman–Crippen MR) is 93.8 cm³/mol. The Balaban J connectivity index is 1.40. The standard InChI is InChI=1S/C17H21N5OS/c23-15(19-10-12-6-7-12)13-4-3-9-22(11-13)17-21-20-16(24-17)14-5-1-2-8-18-14/h1-2,5,8,12-13H,3-4,6-7,9-11H2,(H,19,23). The van der Waals surface area contributed by atoms with Crippen LogP contribution in [0.1, 0.15) is 25.7 Å². The second-order valence-electron chi connectivity index (χ2n) is 6.58. The highest BCUT2D eigenvalue weighted by molar-refractivity contribution is 7.18. The van der Waals surface area contributed by atoms with E-state index in [0.29, 0.717) is 0 Å². The quantitative estimate of drug-likeness (QED) is 0.902. The highest BCUT2D eigenvalue weighted by atomic mass is 32.1. The molecule has 126 valence electrons. The van der Waals surface area contributed by atoms with Gasteiger partial charge in [-0.3, -0.25) is 9.78 Å². The Morgan fingerprint density at radius 2 is 2.21 bits per heavy atom. The number of hydrogen-bond acceptors (Lipinski definition) is 6. The van der Waals surface area contributed by atoms with Crippen molar-refractivity contribution in [2.24, 2.45) is 11.8 Å². The van der Waals surface area contributed by atoms with E-state index < -0.39 is 0 Å². The first-order chi connectivity index (χ1) is 11.8. The zero-order valence-corrected chi connectivity index (χ0v) is 14.3. The van der Waals surface area contributed by atoms with Gasteiger partial charge in [0.25, 0.3) is 0 Å². The van der Waals surface area contributed by atoms with Crippen molar-refractivity contribution in [1.29, 1.82) is 0 Å². The number of rotatable bonds is 5. The molecule has 3 heterocycles. The number of carbonyl (C=O) groups excluding carboxylic acids is 1. The molecule has 1 amide bonds. The summed E-state index contributed by atoms with van der Waals surface area (Å²) in [6.45, 7) is 2.51. The van der Waals surface area contributed by atoms with Gasteiger partial charge in [0.05, 0.1) is 5.92 Å². The first-order valence-corrected chi connectivity index (χ1v) is 9.39. The first-order valence-electron chi connectivity index (χ1n) is 8.57. The van der Waals surface area contributed by atoms with Crippen LogP contribution in [-0.4, -0.2) is 40.7 Å². The maximum absolute atomic E-state index is 12.4. The summed E-state index contributed by atoms with van der Waals surface area (Å²) in [6, 6.07) is 5.78. The van der Waals surface area contributed by atoms with Crippen LogP contribution < -0.4 is 10.2 Å². The number of piperidine rings is 1. The fourth-order valence-corrected chi connectivity index (χ4v) is 3.87. The summed E-state index contributed by atoms with van der Waals surface area (Å²) in [5.74, 6) is 0.971. The molecular weight excluding hydrogens is 322 g/mol. The summed E-state index contributed by atoms with van der Waals surface area (Å²) < 4.78 is 0. The van der Waals surface area contributed by atoms with Crippen molar-refractivity contribution < 1.29 is 4.79 Å². The normalized spacial score (nSPS) is 20.8. The highest BCUT2D eigenvalue weighted by Gasteiger charge is 2.29. The summed E-state index contributed by atoms with van der Waals surface area (Å²) in [5, 5.41) is 13.4. The van der Waals surface area contributed by atoms with Crippen LogP contribution in [0.15, 0.2) is 24.4 Å². The number of hydrogen-bond donors (Lipinski definition) is 1. The van der Waals surface area contributed by atoms with E-state index in [1.807, 2.05) is 18.2 Å². The average Bonchev–Trinajstić information content (AvgIpc) is 3.34. The Morgan fingerprint density at radius 1 is 1.29 bits per heavy atom. The fraction of sp³-hybridized carbons (Fsp3) is 0.529. The molecule has 1 saturated carbocycles. The van der Waals surface area contributed by atoms with E-state index in [-0.39, 0.29) is 11.8 Å². The van der Waals surface area contributed by atoms with Crippen LogP contribution in [0.2, 0.25) is 0 Å². The lowest BCUT2D eigenvalue weighted by atomic mass is 9.97. The number of nitrogens with zero attached hydrogens (tertiary/aromatic N) is 4. The van der Waals surface area contributed by atoms with Gasteiger partial charge in [0, 0.05) is 25.8 Å². The molecule has 0 spiro atoms. The second-order valence-corrected chi connectivity index (χ2v) is 7.53. The SMILES string of the molecule is O=C(NCC1CC1)C1CCCN(c2nnc(-c3ccccn3)s2)C1. The third-order valence-corrected chi connectivity index (χ3v) is 5.63. The van der Waals surface area contributed by atoms with Gasteiger partial charge < -0.3 is 10.2 Å². The van der Waals surface area contributed by atoms with Crippen LogP contribution in [-0.2, 0) is 4.79 Å². The maximum atomic E-state index is 12.4. The van der Waals surface area contributed by atoms with Gasteiger partial charge in [0.15, 0.2) is 5.01 Å². The third kappa shape index (κ3) is 3.56. The molecule has 2 fully saturated rings. The number of nitrogens with one attached hydrogen (secondary N) is 1. The number of aromatic nitrogens is 3. The number of amides is 1. The molecule has 1 saturated heterocycles. The lowest BCUT2D eigenvalue weighted by Gasteiger charge is -2.31.